The van der Waals surface area contributed by atoms with E-state index in [4.69, 9.17) is 0 Å². The summed E-state index contributed by atoms with van der Waals surface area (Å²) in [5, 5.41) is 6.10. The second-order valence-electron chi connectivity index (χ2n) is 5.91. The van der Waals surface area contributed by atoms with E-state index in [1.165, 1.54) is 0 Å². The summed E-state index contributed by atoms with van der Waals surface area (Å²) in [6.07, 6.45) is 3.14. The number of carbonyl (C=O) groups excluding carboxylic acids is 2. The van der Waals surface area contributed by atoms with Crippen LogP contribution in [-0.4, -0.2) is 44.3 Å². The largest absolute Gasteiger partial charge is 0.388 e. The monoisotopic (exact) mass is 303 g/mol. The summed E-state index contributed by atoms with van der Waals surface area (Å²) in [6, 6.07) is 5.92. The summed E-state index contributed by atoms with van der Waals surface area (Å²) in [5.41, 5.74) is 2.94. The predicted octanol–water partition coefficient (Wildman–Crippen LogP) is 1.43. The van der Waals surface area contributed by atoms with Crippen LogP contribution in [0.25, 0.3) is 0 Å². The summed E-state index contributed by atoms with van der Waals surface area (Å²) in [6.45, 7) is 2.48. The highest BCUT2D eigenvalue weighted by Gasteiger charge is 2.22. The molecule has 2 N–H and O–H groups in total. The van der Waals surface area contributed by atoms with Gasteiger partial charge in [0.05, 0.1) is 0 Å². The molecular formula is C17H25N3O2. The average molecular weight is 303 g/mol. The first-order valence-electron chi connectivity index (χ1n) is 7.83. The van der Waals surface area contributed by atoms with Gasteiger partial charge in [-0.25, -0.2) is 0 Å². The lowest BCUT2D eigenvalue weighted by molar-refractivity contribution is -0.126. The summed E-state index contributed by atoms with van der Waals surface area (Å²) < 4.78 is 0. The maximum Gasteiger partial charge on any atom is 0.223 e. The van der Waals surface area contributed by atoms with Crippen LogP contribution in [0.3, 0.4) is 0 Å². The Morgan fingerprint density at radius 1 is 1.36 bits per heavy atom. The van der Waals surface area contributed by atoms with Gasteiger partial charge in [0.15, 0.2) is 0 Å². The number of amides is 1. The van der Waals surface area contributed by atoms with Gasteiger partial charge in [-0.15, -0.1) is 0 Å². The first-order chi connectivity index (χ1) is 10.6. The molecule has 0 aliphatic carbocycles. The van der Waals surface area contributed by atoms with Gasteiger partial charge >= 0.3 is 0 Å². The van der Waals surface area contributed by atoms with Crippen LogP contribution in [0.4, 0.5) is 5.69 Å². The molecule has 0 saturated carbocycles. The summed E-state index contributed by atoms with van der Waals surface area (Å²) in [5.74, 6) is 0.268. The molecule has 5 heteroatoms. The van der Waals surface area contributed by atoms with E-state index >= 15 is 0 Å². The molecule has 120 valence electrons. The van der Waals surface area contributed by atoms with E-state index in [0.717, 1.165) is 49.0 Å². The summed E-state index contributed by atoms with van der Waals surface area (Å²) in [7, 11) is 3.93. The van der Waals surface area contributed by atoms with E-state index in [-0.39, 0.29) is 11.8 Å². The fraction of sp³-hybridized carbons (Fsp3) is 0.529. The number of aldehydes is 1. The quantitative estimate of drug-likeness (QED) is 0.781. The van der Waals surface area contributed by atoms with Crippen LogP contribution < -0.4 is 10.6 Å². The highest BCUT2D eigenvalue weighted by molar-refractivity contribution is 5.78. The number of piperidine rings is 1. The minimum Gasteiger partial charge on any atom is -0.388 e. The van der Waals surface area contributed by atoms with Crippen molar-refractivity contribution in [3.05, 3.63) is 29.3 Å². The molecule has 0 atom stereocenters. The van der Waals surface area contributed by atoms with Crippen molar-refractivity contribution in [1.29, 1.82) is 0 Å². The Bertz CT molecular complexity index is 523. The van der Waals surface area contributed by atoms with Crippen molar-refractivity contribution in [1.82, 2.24) is 10.2 Å². The molecule has 2 rings (SSSR count). The molecule has 1 amide bonds. The third kappa shape index (κ3) is 4.31. The van der Waals surface area contributed by atoms with Gasteiger partial charge in [-0.05, 0) is 50.2 Å². The number of hydrogen-bond acceptors (Lipinski definition) is 4. The number of benzene rings is 1. The molecule has 0 bridgehead atoms. The van der Waals surface area contributed by atoms with E-state index in [1.807, 2.05) is 25.2 Å². The molecule has 1 fully saturated rings. The fourth-order valence-electron chi connectivity index (χ4n) is 2.86. The topological polar surface area (TPSA) is 61.4 Å². The Labute approximate surface area is 132 Å². The highest BCUT2D eigenvalue weighted by Crippen LogP contribution is 2.18. The second-order valence-corrected chi connectivity index (χ2v) is 5.91. The molecule has 1 aromatic carbocycles. The molecular weight excluding hydrogens is 278 g/mol. The van der Waals surface area contributed by atoms with E-state index < -0.39 is 0 Å². The molecule has 0 aromatic heterocycles. The van der Waals surface area contributed by atoms with E-state index in [0.29, 0.717) is 13.0 Å². The molecule has 0 radical (unpaired) electrons. The van der Waals surface area contributed by atoms with E-state index in [2.05, 4.69) is 22.6 Å². The lowest BCUT2D eigenvalue weighted by atomic mass is 9.96. The minimum absolute atomic E-state index is 0.127. The van der Waals surface area contributed by atoms with E-state index in [9.17, 15) is 9.59 Å². The van der Waals surface area contributed by atoms with E-state index in [1.54, 1.807) is 0 Å². The van der Waals surface area contributed by atoms with Crippen molar-refractivity contribution >= 4 is 17.9 Å². The molecule has 22 heavy (non-hydrogen) atoms. The van der Waals surface area contributed by atoms with Gasteiger partial charge < -0.3 is 20.3 Å². The zero-order valence-electron chi connectivity index (χ0n) is 13.4. The first-order valence-corrected chi connectivity index (χ1v) is 7.83. The van der Waals surface area contributed by atoms with Crippen molar-refractivity contribution in [2.45, 2.75) is 25.8 Å². The third-order valence-corrected chi connectivity index (χ3v) is 4.30. The van der Waals surface area contributed by atoms with Crippen LogP contribution in [0.15, 0.2) is 18.2 Å². The maximum atomic E-state index is 12.2. The third-order valence-electron chi connectivity index (χ3n) is 4.30. The van der Waals surface area contributed by atoms with Crippen molar-refractivity contribution in [3.63, 3.8) is 0 Å². The Morgan fingerprint density at radius 2 is 2.09 bits per heavy atom. The van der Waals surface area contributed by atoms with Gasteiger partial charge in [0.25, 0.3) is 0 Å². The van der Waals surface area contributed by atoms with Crippen molar-refractivity contribution in [2.24, 2.45) is 5.92 Å². The van der Waals surface area contributed by atoms with Crippen LogP contribution in [-0.2, 0) is 22.6 Å². The summed E-state index contributed by atoms with van der Waals surface area (Å²) in [4.78, 5) is 25.2. The lowest BCUT2D eigenvalue weighted by Crippen LogP contribution is -2.38. The van der Waals surface area contributed by atoms with Crippen LogP contribution in [0, 0.1) is 5.92 Å². The number of hydrogen-bond donors (Lipinski definition) is 2. The minimum atomic E-state index is 0.127. The normalized spacial score (nSPS) is 16.3. The number of carbonyl (C=O) groups is 2. The summed E-state index contributed by atoms with van der Waals surface area (Å²) >= 11 is 0. The zero-order chi connectivity index (χ0) is 15.9. The Balaban J connectivity index is 1.92. The number of nitrogens with zero attached hydrogens (tertiary/aromatic N) is 1. The van der Waals surface area contributed by atoms with Crippen molar-refractivity contribution in [2.75, 3.05) is 32.5 Å². The smallest absolute Gasteiger partial charge is 0.223 e. The first kappa shape index (κ1) is 16.5. The molecule has 5 nitrogen and oxygen atoms in total. The Kier molecular flexibility index (Phi) is 5.95. The predicted molar refractivity (Wildman–Crippen MR) is 87.8 cm³/mol. The molecule has 1 aromatic rings. The van der Waals surface area contributed by atoms with Gasteiger partial charge in [-0.1, -0.05) is 12.1 Å². The molecule has 1 heterocycles. The standard InChI is InChI=1S/C17H25N3O2/c1-18-16-4-3-13(11-15(16)7-10-21)12-19-17(22)14-5-8-20(2)9-6-14/h3-4,10-11,14,18H,5-9,12H2,1-2H3,(H,19,22). The Morgan fingerprint density at radius 3 is 2.73 bits per heavy atom. The van der Waals surface area contributed by atoms with Crippen LogP contribution in [0.1, 0.15) is 24.0 Å². The number of rotatable bonds is 6. The van der Waals surface area contributed by atoms with Crippen LogP contribution >= 0.6 is 0 Å². The SMILES string of the molecule is CNc1ccc(CNC(=O)C2CCN(C)CC2)cc1CC=O. The van der Waals surface area contributed by atoms with Gasteiger partial charge in [0, 0.05) is 31.6 Å². The van der Waals surface area contributed by atoms with Crippen LogP contribution in [0.5, 0.6) is 0 Å². The second kappa shape index (κ2) is 7.94. The van der Waals surface area contributed by atoms with Crippen LogP contribution in [0.2, 0.25) is 0 Å². The lowest BCUT2D eigenvalue weighted by Gasteiger charge is -2.28. The number of anilines is 1. The van der Waals surface area contributed by atoms with Gasteiger partial charge in [0.1, 0.15) is 6.29 Å². The molecule has 1 aliphatic rings. The van der Waals surface area contributed by atoms with Gasteiger partial charge in [-0.2, -0.15) is 0 Å². The zero-order valence-corrected chi connectivity index (χ0v) is 13.4. The number of likely N-dealkylation sites (tertiary alicyclic amines) is 1. The van der Waals surface area contributed by atoms with Crippen molar-refractivity contribution in [3.8, 4) is 0 Å². The highest BCUT2D eigenvalue weighted by atomic mass is 16.1. The molecule has 0 spiro atoms. The number of nitrogens with one attached hydrogen (secondary N) is 2. The molecule has 0 unspecified atom stereocenters. The molecule has 1 saturated heterocycles. The Hall–Kier alpha value is -1.88. The fourth-order valence-corrected chi connectivity index (χ4v) is 2.86. The average Bonchev–Trinajstić information content (AvgIpc) is 2.54. The molecule has 1 aliphatic heterocycles. The van der Waals surface area contributed by atoms with Crippen molar-refractivity contribution < 1.29 is 9.59 Å². The maximum absolute atomic E-state index is 12.2. The van der Waals surface area contributed by atoms with Gasteiger partial charge in [-0.3, -0.25) is 4.79 Å². The van der Waals surface area contributed by atoms with Gasteiger partial charge in [0.2, 0.25) is 5.91 Å².